The average Bonchev–Trinajstić information content (AvgIpc) is 2.62. The van der Waals surface area contributed by atoms with Crippen LogP contribution in [0.1, 0.15) is 5.56 Å². The highest BCUT2D eigenvalue weighted by atomic mass is 35.5. The quantitative estimate of drug-likeness (QED) is 0.836. The maximum Gasteiger partial charge on any atom is 0.361 e. The summed E-state index contributed by atoms with van der Waals surface area (Å²) in [6.45, 7) is 0. The Hall–Kier alpha value is -1.45. The van der Waals surface area contributed by atoms with Gasteiger partial charge in [-0.3, -0.25) is 0 Å². The van der Waals surface area contributed by atoms with E-state index in [1.54, 1.807) is 6.08 Å². The molecule has 0 spiro atoms. The monoisotopic (exact) mass is 255 g/mol. The lowest BCUT2D eigenvalue weighted by molar-refractivity contribution is 0.486. The molecule has 16 heavy (non-hydrogen) atoms. The van der Waals surface area contributed by atoms with E-state index in [0.717, 1.165) is 5.56 Å². The predicted octanol–water partition coefficient (Wildman–Crippen LogP) is 1.34. The summed E-state index contributed by atoms with van der Waals surface area (Å²) in [5.41, 5.74) is 0.446. The third-order valence-electron chi connectivity index (χ3n) is 1.95. The zero-order chi connectivity index (χ0) is 11.5. The van der Waals surface area contributed by atoms with Gasteiger partial charge in [0.15, 0.2) is 4.49 Å². The second-order valence-electron chi connectivity index (χ2n) is 3.07. The van der Waals surface area contributed by atoms with Crippen LogP contribution in [0.25, 0.3) is 10.6 Å². The first-order chi connectivity index (χ1) is 7.66. The molecule has 0 bridgehead atoms. The molecule has 3 nitrogen and oxygen atoms in total. The topological polar surface area (TPSA) is 46.0 Å². The minimum atomic E-state index is -0.502. The second-order valence-corrected chi connectivity index (χ2v) is 4.02. The maximum atomic E-state index is 11.4. The SMILES string of the molecule is O=c1oc(=C(Cl)Cl)[nH]/c1=C\c1ccccc1. The van der Waals surface area contributed by atoms with Crippen LogP contribution in [-0.2, 0) is 0 Å². The average molecular weight is 256 g/mol. The normalized spacial score (nSPS) is 11.8. The Balaban J connectivity index is 2.63. The first-order valence-electron chi connectivity index (χ1n) is 4.48. The minimum absolute atomic E-state index is 0.0653. The smallest absolute Gasteiger partial charge is 0.361 e. The second kappa shape index (κ2) is 4.60. The van der Waals surface area contributed by atoms with Gasteiger partial charge in [-0.2, -0.15) is 0 Å². The zero-order valence-electron chi connectivity index (χ0n) is 8.04. The molecule has 0 aliphatic rings. The Morgan fingerprint density at radius 3 is 2.50 bits per heavy atom. The third kappa shape index (κ3) is 2.38. The fourth-order valence-corrected chi connectivity index (χ4v) is 1.41. The van der Waals surface area contributed by atoms with E-state index in [-0.39, 0.29) is 10.0 Å². The van der Waals surface area contributed by atoms with Crippen LogP contribution >= 0.6 is 23.2 Å². The highest BCUT2D eigenvalue weighted by Crippen LogP contribution is 2.02. The molecular weight excluding hydrogens is 249 g/mol. The standard InChI is InChI=1S/C11H7Cl2NO2/c12-9(13)10-14-8(11(15)16-10)6-7-4-2-1-3-5-7/h1-6,14H/b8-6-. The zero-order valence-corrected chi connectivity index (χ0v) is 9.55. The Kier molecular flexibility index (Phi) is 3.17. The molecule has 0 saturated carbocycles. The van der Waals surface area contributed by atoms with Crippen LogP contribution in [0.2, 0.25) is 0 Å². The lowest BCUT2D eigenvalue weighted by Gasteiger charge is -1.87. The third-order valence-corrected chi connectivity index (χ3v) is 2.29. The maximum absolute atomic E-state index is 11.4. The van der Waals surface area contributed by atoms with E-state index in [1.165, 1.54) is 0 Å². The van der Waals surface area contributed by atoms with Crippen LogP contribution in [0.3, 0.4) is 0 Å². The van der Waals surface area contributed by atoms with Gasteiger partial charge < -0.3 is 9.40 Å². The molecule has 0 saturated heterocycles. The summed E-state index contributed by atoms with van der Waals surface area (Å²) >= 11 is 11.0. The number of hydrogen-bond donors (Lipinski definition) is 1. The van der Waals surface area contributed by atoms with Crippen LogP contribution in [-0.4, -0.2) is 4.98 Å². The van der Waals surface area contributed by atoms with E-state index in [2.05, 4.69) is 4.98 Å². The summed E-state index contributed by atoms with van der Waals surface area (Å²) < 4.78 is 4.70. The molecule has 2 rings (SSSR count). The number of aromatic amines is 1. The van der Waals surface area contributed by atoms with E-state index < -0.39 is 5.63 Å². The minimum Gasteiger partial charge on any atom is -0.402 e. The molecule has 0 radical (unpaired) electrons. The predicted molar refractivity (Wildman–Crippen MR) is 63.7 cm³/mol. The Morgan fingerprint density at radius 1 is 1.25 bits per heavy atom. The first kappa shape index (κ1) is 11.0. The van der Waals surface area contributed by atoms with Gasteiger partial charge in [0.1, 0.15) is 5.35 Å². The largest absolute Gasteiger partial charge is 0.402 e. The summed E-state index contributed by atoms with van der Waals surface area (Å²) in [6.07, 6.45) is 1.66. The number of nitrogens with one attached hydrogen (secondary N) is 1. The fraction of sp³-hybridized carbons (Fsp3) is 0. The van der Waals surface area contributed by atoms with E-state index >= 15 is 0 Å². The molecule has 2 aromatic rings. The lowest BCUT2D eigenvalue weighted by atomic mass is 10.2. The molecular formula is C11H7Cl2NO2. The van der Waals surface area contributed by atoms with Crippen LogP contribution in [0, 0.1) is 0 Å². The molecule has 1 N–H and O–H groups in total. The van der Waals surface area contributed by atoms with Crippen molar-refractivity contribution in [2.45, 2.75) is 0 Å². The van der Waals surface area contributed by atoms with Crippen molar-refractivity contribution in [2.75, 3.05) is 0 Å². The molecule has 0 amide bonds. The molecule has 1 aromatic carbocycles. The number of halogens is 2. The molecule has 5 heteroatoms. The molecule has 82 valence electrons. The van der Waals surface area contributed by atoms with Crippen molar-refractivity contribution < 1.29 is 4.42 Å². The van der Waals surface area contributed by atoms with Crippen molar-refractivity contribution in [3.8, 4) is 0 Å². The summed E-state index contributed by atoms with van der Waals surface area (Å²) in [5, 5.41) is 0.306. The van der Waals surface area contributed by atoms with E-state index in [0.29, 0.717) is 5.35 Å². The van der Waals surface area contributed by atoms with Crippen LogP contribution < -0.4 is 16.5 Å². The van der Waals surface area contributed by atoms with Gasteiger partial charge >= 0.3 is 5.63 Å². The Labute approximate surface area is 101 Å². The van der Waals surface area contributed by atoms with Crippen molar-refractivity contribution in [1.82, 2.24) is 4.98 Å². The van der Waals surface area contributed by atoms with Crippen molar-refractivity contribution >= 4 is 33.8 Å². The van der Waals surface area contributed by atoms with Crippen molar-refractivity contribution in [3.05, 3.63) is 57.2 Å². The molecule has 0 aliphatic heterocycles. The van der Waals surface area contributed by atoms with E-state index in [9.17, 15) is 4.79 Å². The van der Waals surface area contributed by atoms with E-state index in [1.807, 2.05) is 30.3 Å². The summed E-state index contributed by atoms with van der Waals surface area (Å²) in [5.74, 6) is 0. The highest BCUT2D eigenvalue weighted by molar-refractivity contribution is 6.73. The first-order valence-corrected chi connectivity index (χ1v) is 5.23. The van der Waals surface area contributed by atoms with Gasteiger partial charge in [0, 0.05) is 0 Å². The Morgan fingerprint density at radius 2 is 1.94 bits per heavy atom. The van der Waals surface area contributed by atoms with Crippen LogP contribution in [0.5, 0.6) is 0 Å². The number of benzene rings is 1. The molecule has 1 heterocycles. The van der Waals surface area contributed by atoms with Gasteiger partial charge in [-0.05, 0) is 11.6 Å². The van der Waals surface area contributed by atoms with Crippen molar-refractivity contribution in [3.63, 3.8) is 0 Å². The number of aromatic nitrogens is 1. The lowest BCUT2D eigenvalue weighted by Crippen LogP contribution is -2.21. The van der Waals surface area contributed by atoms with E-state index in [4.69, 9.17) is 27.6 Å². The summed E-state index contributed by atoms with van der Waals surface area (Å²) in [6, 6.07) is 9.37. The van der Waals surface area contributed by atoms with Gasteiger partial charge in [-0.15, -0.1) is 0 Å². The molecule has 0 atom stereocenters. The van der Waals surface area contributed by atoms with Crippen LogP contribution in [0.15, 0.2) is 39.5 Å². The van der Waals surface area contributed by atoms with Gasteiger partial charge in [0.2, 0.25) is 5.55 Å². The number of H-pyrrole nitrogens is 1. The Bertz CT molecular complexity index is 651. The van der Waals surface area contributed by atoms with Gasteiger partial charge in [-0.25, -0.2) is 4.79 Å². The van der Waals surface area contributed by atoms with Gasteiger partial charge in [0.25, 0.3) is 0 Å². The number of hydrogen-bond acceptors (Lipinski definition) is 2. The highest BCUT2D eigenvalue weighted by Gasteiger charge is 1.98. The van der Waals surface area contributed by atoms with Crippen molar-refractivity contribution in [2.24, 2.45) is 0 Å². The number of rotatable bonds is 1. The molecule has 1 aromatic heterocycles. The summed E-state index contributed by atoms with van der Waals surface area (Å²) in [7, 11) is 0. The fourth-order valence-electron chi connectivity index (χ4n) is 1.24. The van der Waals surface area contributed by atoms with Gasteiger partial charge in [-0.1, -0.05) is 53.5 Å². The van der Waals surface area contributed by atoms with Crippen molar-refractivity contribution in [1.29, 1.82) is 0 Å². The van der Waals surface area contributed by atoms with Gasteiger partial charge in [0.05, 0.1) is 0 Å². The number of oxazole rings is 1. The molecule has 0 fully saturated rings. The molecule has 0 aliphatic carbocycles. The summed E-state index contributed by atoms with van der Waals surface area (Å²) in [4.78, 5) is 14.1. The van der Waals surface area contributed by atoms with Crippen LogP contribution in [0.4, 0.5) is 0 Å². The molecule has 0 unspecified atom stereocenters.